The van der Waals surface area contributed by atoms with Crippen LogP contribution in [0.3, 0.4) is 0 Å². The second-order valence-corrected chi connectivity index (χ2v) is 4.81. The number of benzene rings is 1. The molecular formula is C12H15ClN2O4. The van der Waals surface area contributed by atoms with E-state index in [4.69, 9.17) is 11.6 Å². The molecule has 104 valence electrons. The Morgan fingerprint density at radius 2 is 2.21 bits per heavy atom. The van der Waals surface area contributed by atoms with Crippen LogP contribution in [0.25, 0.3) is 0 Å². The van der Waals surface area contributed by atoms with Crippen molar-refractivity contribution >= 4 is 23.2 Å². The van der Waals surface area contributed by atoms with Crippen LogP contribution in [0.4, 0.5) is 5.69 Å². The van der Waals surface area contributed by atoms with Gasteiger partial charge in [0.05, 0.1) is 16.1 Å². The van der Waals surface area contributed by atoms with Crippen LogP contribution >= 0.6 is 11.6 Å². The SMILES string of the molecule is CCC(C)(O)CNC(=O)c1cccc([N+](=O)[O-])c1Cl. The van der Waals surface area contributed by atoms with Gasteiger partial charge in [-0.3, -0.25) is 14.9 Å². The van der Waals surface area contributed by atoms with Crippen LogP contribution in [0.15, 0.2) is 18.2 Å². The summed E-state index contributed by atoms with van der Waals surface area (Å²) >= 11 is 5.82. The maximum absolute atomic E-state index is 11.9. The Labute approximate surface area is 115 Å². The highest BCUT2D eigenvalue weighted by Crippen LogP contribution is 2.27. The van der Waals surface area contributed by atoms with Gasteiger partial charge in [-0.2, -0.15) is 0 Å². The van der Waals surface area contributed by atoms with Gasteiger partial charge in [0.1, 0.15) is 5.02 Å². The van der Waals surface area contributed by atoms with Gasteiger partial charge in [0, 0.05) is 12.6 Å². The van der Waals surface area contributed by atoms with Crippen molar-refractivity contribution in [3.05, 3.63) is 38.9 Å². The van der Waals surface area contributed by atoms with Gasteiger partial charge in [0.15, 0.2) is 0 Å². The van der Waals surface area contributed by atoms with Gasteiger partial charge < -0.3 is 10.4 Å². The van der Waals surface area contributed by atoms with Crippen molar-refractivity contribution in [3.63, 3.8) is 0 Å². The third kappa shape index (κ3) is 3.90. The molecule has 1 aromatic carbocycles. The molecule has 0 aliphatic heterocycles. The Morgan fingerprint density at radius 1 is 1.58 bits per heavy atom. The molecule has 0 aliphatic carbocycles. The van der Waals surface area contributed by atoms with E-state index in [9.17, 15) is 20.0 Å². The van der Waals surface area contributed by atoms with Gasteiger partial charge >= 0.3 is 0 Å². The summed E-state index contributed by atoms with van der Waals surface area (Å²) in [7, 11) is 0. The van der Waals surface area contributed by atoms with E-state index >= 15 is 0 Å². The second kappa shape index (κ2) is 5.99. The average molecular weight is 287 g/mol. The second-order valence-electron chi connectivity index (χ2n) is 4.43. The van der Waals surface area contributed by atoms with E-state index in [1.54, 1.807) is 13.8 Å². The first-order chi connectivity index (χ1) is 8.78. The Bertz CT molecular complexity index is 503. The molecular weight excluding hydrogens is 272 g/mol. The van der Waals surface area contributed by atoms with Crippen LogP contribution in [0.5, 0.6) is 0 Å². The highest BCUT2D eigenvalue weighted by atomic mass is 35.5. The minimum Gasteiger partial charge on any atom is -0.388 e. The number of nitro groups is 1. The van der Waals surface area contributed by atoms with E-state index < -0.39 is 16.4 Å². The normalized spacial score (nSPS) is 13.7. The third-order valence-electron chi connectivity index (χ3n) is 2.81. The number of carbonyl (C=O) groups excluding carboxylic acids is 1. The van der Waals surface area contributed by atoms with Crippen LogP contribution in [0.1, 0.15) is 30.6 Å². The minimum absolute atomic E-state index is 0.0165. The number of nitro benzene ring substituents is 1. The van der Waals surface area contributed by atoms with Crippen molar-refractivity contribution in [3.8, 4) is 0 Å². The molecule has 1 rings (SSSR count). The number of nitrogens with zero attached hydrogens (tertiary/aromatic N) is 1. The molecule has 0 saturated heterocycles. The molecule has 2 N–H and O–H groups in total. The molecule has 1 amide bonds. The van der Waals surface area contributed by atoms with E-state index in [2.05, 4.69) is 5.32 Å². The van der Waals surface area contributed by atoms with Gasteiger partial charge in [-0.1, -0.05) is 24.6 Å². The number of carbonyl (C=O) groups is 1. The molecule has 1 aromatic rings. The molecule has 0 fully saturated rings. The molecule has 0 spiro atoms. The highest BCUT2D eigenvalue weighted by Gasteiger charge is 2.22. The maximum Gasteiger partial charge on any atom is 0.288 e. The largest absolute Gasteiger partial charge is 0.388 e. The molecule has 0 radical (unpaired) electrons. The van der Waals surface area contributed by atoms with Crippen LogP contribution in [0, 0.1) is 10.1 Å². The number of aliphatic hydroxyl groups is 1. The van der Waals surface area contributed by atoms with Crippen LogP contribution in [-0.4, -0.2) is 28.1 Å². The molecule has 1 atom stereocenters. The summed E-state index contributed by atoms with van der Waals surface area (Å²) < 4.78 is 0. The Hall–Kier alpha value is -1.66. The quantitative estimate of drug-likeness (QED) is 0.640. The van der Waals surface area contributed by atoms with Crippen LogP contribution in [0.2, 0.25) is 5.02 Å². The molecule has 0 bridgehead atoms. The lowest BCUT2D eigenvalue weighted by Crippen LogP contribution is -2.40. The standard InChI is InChI=1S/C12H15ClN2O4/c1-3-12(2,17)7-14-11(16)8-5-4-6-9(10(8)13)15(18)19/h4-6,17H,3,7H2,1-2H3,(H,14,16). The summed E-state index contributed by atoms with van der Waals surface area (Å²) in [5, 5.41) is 22.8. The van der Waals surface area contributed by atoms with Gasteiger partial charge in [-0.25, -0.2) is 0 Å². The van der Waals surface area contributed by atoms with Gasteiger partial charge in [-0.15, -0.1) is 0 Å². The summed E-state index contributed by atoms with van der Waals surface area (Å²) in [4.78, 5) is 21.9. The molecule has 0 saturated carbocycles. The first-order valence-electron chi connectivity index (χ1n) is 5.72. The number of amides is 1. The van der Waals surface area contributed by atoms with E-state index in [0.29, 0.717) is 6.42 Å². The molecule has 0 aromatic heterocycles. The van der Waals surface area contributed by atoms with Crippen LogP contribution < -0.4 is 5.32 Å². The summed E-state index contributed by atoms with van der Waals surface area (Å²) in [6, 6.07) is 4.00. The Balaban J connectivity index is 2.89. The Morgan fingerprint density at radius 3 is 2.74 bits per heavy atom. The predicted molar refractivity (Wildman–Crippen MR) is 71.4 cm³/mol. The van der Waals surface area contributed by atoms with E-state index in [0.717, 1.165) is 0 Å². The fraction of sp³-hybridized carbons (Fsp3) is 0.417. The van der Waals surface area contributed by atoms with E-state index in [1.807, 2.05) is 0 Å². The maximum atomic E-state index is 11.9. The predicted octanol–water partition coefficient (Wildman–Crippen LogP) is 2.14. The lowest BCUT2D eigenvalue weighted by molar-refractivity contribution is -0.384. The van der Waals surface area contributed by atoms with Crippen molar-refractivity contribution in [2.24, 2.45) is 0 Å². The minimum atomic E-state index is -1.02. The fourth-order valence-corrected chi connectivity index (χ4v) is 1.61. The summed E-state index contributed by atoms with van der Waals surface area (Å²) in [5.41, 5.74) is -1.33. The number of nitrogens with one attached hydrogen (secondary N) is 1. The molecule has 19 heavy (non-hydrogen) atoms. The fourth-order valence-electron chi connectivity index (χ4n) is 1.33. The van der Waals surface area contributed by atoms with Gasteiger partial charge in [0.25, 0.3) is 11.6 Å². The van der Waals surface area contributed by atoms with Crippen molar-refractivity contribution in [2.75, 3.05) is 6.54 Å². The van der Waals surface area contributed by atoms with Gasteiger partial charge in [0.2, 0.25) is 0 Å². The number of rotatable bonds is 5. The van der Waals surface area contributed by atoms with E-state index in [1.165, 1.54) is 18.2 Å². The zero-order chi connectivity index (χ0) is 14.6. The van der Waals surface area contributed by atoms with Crippen LogP contribution in [-0.2, 0) is 0 Å². The van der Waals surface area contributed by atoms with Gasteiger partial charge in [-0.05, 0) is 19.4 Å². The first kappa shape index (κ1) is 15.4. The average Bonchev–Trinajstić information content (AvgIpc) is 2.36. The first-order valence-corrected chi connectivity index (χ1v) is 6.10. The number of hydrogen-bond acceptors (Lipinski definition) is 4. The molecule has 6 nitrogen and oxygen atoms in total. The molecule has 0 heterocycles. The third-order valence-corrected chi connectivity index (χ3v) is 3.21. The summed E-state index contributed by atoms with van der Waals surface area (Å²) in [6.07, 6.45) is 0.468. The lowest BCUT2D eigenvalue weighted by atomic mass is 10.0. The number of hydrogen-bond donors (Lipinski definition) is 2. The van der Waals surface area contributed by atoms with Crippen molar-refractivity contribution in [2.45, 2.75) is 25.9 Å². The zero-order valence-corrected chi connectivity index (χ0v) is 11.4. The topological polar surface area (TPSA) is 92.5 Å². The van der Waals surface area contributed by atoms with Crippen molar-refractivity contribution < 1.29 is 14.8 Å². The lowest BCUT2D eigenvalue weighted by Gasteiger charge is -2.21. The monoisotopic (exact) mass is 286 g/mol. The summed E-state index contributed by atoms with van der Waals surface area (Å²) in [5.74, 6) is -0.553. The van der Waals surface area contributed by atoms with Crippen molar-refractivity contribution in [1.82, 2.24) is 5.32 Å². The number of halogens is 1. The highest BCUT2D eigenvalue weighted by molar-refractivity contribution is 6.35. The molecule has 1 unspecified atom stereocenters. The van der Waals surface area contributed by atoms with Crippen molar-refractivity contribution in [1.29, 1.82) is 0 Å². The molecule has 0 aliphatic rings. The zero-order valence-electron chi connectivity index (χ0n) is 10.6. The van der Waals surface area contributed by atoms with E-state index in [-0.39, 0.29) is 22.8 Å². The smallest absolute Gasteiger partial charge is 0.288 e. The summed E-state index contributed by atoms with van der Waals surface area (Å²) in [6.45, 7) is 3.41. The molecule has 7 heteroatoms. The Kier molecular flexibility index (Phi) is 4.85.